The van der Waals surface area contributed by atoms with Gasteiger partial charge in [-0.15, -0.1) is 0 Å². The van der Waals surface area contributed by atoms with Crippen LogP contribution in [0, 0.1) is 0 Å². The molecular weight excluding hydrogens is 87.0 g/mol. The van der Waals surface area contributed by atoms with Crippen LogP contribution in [0.15, 0.2) is 8.90 Å². The summed E-state index contributed by atoms with van der Waals surface area (Å²) in [6.45, 7) is 1.77. The van der Waals surface area contributed by atoms with Crippen LogP contribution in [0.1, 0.15) is 0 Å². The zero-order chi connectivity index (χ0) is 4.41. The van der Waals surface area contributed by atoms with Crippen LogP contribution in [0.3, 0.4) is 0 Å². The van der Waals surface area contributed by atoms with Crippen molar-refractivity contribution in [2.75, 3.05) is 13.2 Å². The standard InChI is InChI=1S/C4H5O.Na/c1-2-4-5-3-1;/h1H,3-4H2;. The molecule has 1 rings (SSSR count). The van der Waals surface area contributed by atoms with Gasteiger partial charge in [0.2, 0.25) is 0 Å². The first-order valence-corrected chi connectivity index (χ1v) is 3.13. The Morgan fingerprint density at radius 2 is 2.67 bits per heavy atom. The first-order valence-electron chi connectivity index (χ1n) is 2.13. The molecule has 1 aliphatic heterocycles. The molecule has 0 unspecified atom stereocenters. The van der Waals surface area contributed by atoms with Gasteiger partial charge in [-0.25, -0.2) is 0 Å². The van der Waals surface area contributed by atoms with E-state index in [1.807, 2.05) is 0 Å². The molecule has 0 aliphatic carbocycles. The van der Waals surface area contributed by atoms with E-state index < -0.39 is 0 Å². The molecule has 28 valence electrons. The van der Waals surface area contributed by atoms with Gasteiger partial charge in [0.25, 0.3) is 0 Å². The topological polar surface area (TPSA) is 9.23 Å². The fraction of sp³-hybridized carbons (Fsp3) is 0.500. The second-order valence-corrected chi connectivity index (χ2v) is 2.85. The van der Waals surface area contributed by atoms with Crippen molar-refractivity contribution in [2.24, 2.45) is 0 Å². The first kappa shape index (κ1) is 4.85. The van der Waals surface area contributed by atoms with Crippen molar-refractivity contribution >= 4 is 27.9 Å². The molecule has 6 heavy (non-hydrogen) atoms. The van der Waals surface area contributed by atoms with Gasteiger partial charge < -0.3 is 0 Å². The Morgan fingerprint density at radius 1 is 1.83 bits per heavy atom. The van der Waals surface area contributed by atoms with E-state index in [1.165, 1.54) is 30.8 Å². The third-order valence-electron chi connectivity index (χ3n) is 0.879. The molecule has 0 spiro atoms. The maximum atomic E-state index is 5.00. The summed E-state index contributed by atoms with van der Waals surface area (Å²) in [6, 6.07) is 0. The van der Waals surface area contributed by atoms with Crippen molar-refractivity contribution in [1.29, 1.82) is 0 Å². The molecule has 0 bridgehead atoms. The minimum absolute atomic E-state index is 0.860. The Labute approximate surface area is 54.8 Å². The molecule has 0 saturated carbocycles. The molecule has 1 aliphatic rings. The van der Waals surface area contributed by atoms with E-state index in [0.29, 0.717) is 0 Å². The molecular formula is C4H5NaO. The molecule has 0 aromatic rings. The van der Waals surface area contributed by atoms with Crippen LogP contribution in [-0.4, -0.2) is 41.1 Å². The van der Waals surface area contributed by atoms with Crippen LogP contribution < -0.4 is 0 Å². The predicted molar refractivity (Wildman–Crippen MR) is 24.7 cm³/mol. The van der Waals surface area contributed by atoms with E-state index in [4.69, 9.17) is 4.74 Å². The van der Waals surface area contributed by atoms with Crippen molar-refractivity contribution in [3.8, 4) is 0 Å². The second kappa shape index (κ2) is 2.12. The van der Waals surface area contributed by atoms with E-state index >= 15 is 0 Å². The molecule has 0 amide bonds. The third kappa shape index (κ3) is 1.09. The summed E-state index contributed by atoms with van der Waals surface area (Å²) in [6.07, 6.45) is 2.16. The quantitative estimate of drug-likeness (QED) is 0.384. The molecule has 0 N–H and O–H groups in total. The summed E-state index contributed by atoms with van der Waals surface area (Å²) in [5.74, 6) is 0. The third-order valence-corrected chi connectivity index (χ3v) is 1.58. The van der Waals surface area contributed by atoms with Crippen molar-refractivity contribution in [1.82, 2.24) is 0 Å². The summed E-state index contributed by atoms with van der Waals surface area (Å²) in [5, 5.41) is 0. The summed E-state index contributed by atoms with van der Waals surface area (Å²) in [7, 11) is 0. The van der Waals surface area contributed by atoms with Crippen LogP contribution in [0.2, 0.25) is 0 Å². The summed E-state index contributed by atoms with van der Waals surface area (Å²) in [5.41, 5.74) is 0. The van der Waals surface area contributed by atoms with Gasteiger partial charge >= 0.3 is 54.8 Å². The van der Waals surface area contributed by atoms with Crippen LogP contribution in [0.25, 0.3) is 0 Å². The van der Waals surface area contributed by atoms with Gasteiger partial charge in [0, 0.05) is 0 Å². The van der Waals surface area contributed by atoms with Gasteiger partial charge in [-0.2, -0.15) is 0 Å². The van der Waals surface area contributed by atoms with E-state index in [2.05, 4.69) is 6.08 Å². The summed E-state index contributed by atoms with van der Waals surface area (Å²) >= 11 is 1.19. The SMILES string of the molecule is [Na][C]1=CCOC1. The van der Waals surface area contributed by atoms with Crippen molar-refractivity contribution in [2.45, 2.75) is 0 Å². The monoisotopic (exact) mass is 92.0 g/mol. The van der Waals surface area contributed by atoms with Gasteiger partial charge in [-0.3, -0.25) is 0 Å². The number of rotatable bonds is 0. The van der Waals surface area contributed by atoms with E-state index in [-0.39, 0.29) is 0 Å². The van der Waals surface area contributed by atoms with Crippen molar-refractivity contribution in [3.63, 3.8) is 0 Å². The molecule has 1 nitrogen and oxygen atoms in total. The summed E-state index contributed by atoms with van der Waals surface area (Å²) < 4.78 is 6.49. The molecule has 0 atom stereocenters. The Bertz CT molecular complexity index is 77.6. The van der Waals surface area contributed by atoms with E-state index in [1.54, 1.807) is 0 Å². The summed E-state index contributed by atoms with van der Waals surface area (Å²) in [4.78, 5) is 0. The van der Waals surface area contributed by atoms with E-state index in [0.717, 1.165) is 13.2 Å². The van der Waals surface area contributed by atoms with Crippen LogP contribution >= 0.6 is 0 Å². The predicted octanol–water partition coefficient (Wildman–Crippen LogP) is 0.0690. The van der Waals surface area contributed by atoms with Crippen molar-refractivity contribution in [3.05, 3.63) is 8.90 Å². The van der Waals surface area contributed by atoms with Gasteiger partial charge in [-0.05, 0) is 0 Å². The minimum atomic E-state index is 0.860. The Morgan fingerprint density at radius 3 is 2.83 bits per heavy atom. The average molecular weight is 92.1 g/mol. The molecule has 0 fully saturated rings. The number of hydrogen-bond acceptors (Lipinski definition) is 1. The molecule has 0 radical (unpaired) electrons. The van der Waals surface area contributed by atoms with E-state index in [9.17, 15) is 0 Å². The molecule has 1 heterocycles. The zero-order valence-electron chi connectivity index (χ0n) is 3.90. The van der Waals surface area contributed by atoms with Gasteiger partial charge in [-0.1, -0.05) is 0 Å². The first-order chi connectivity index (χ1) is 2.89. The van der Waals surface area contributed by atoms with Crippen LogP contribution in [-0.2, 0) is 4.74 Å². The Balaban J connectivity index is 2.45. The molecule has 0 aromatic carbocycles. The Hall–Kier alpha value is 0.700. The number of hydrogen-bond donors (Lipinski definition) is 0. The normalized spacial score (nSPS) is 21.3. The molecule has 0 saturated heterocycles. The molecule has 2 heteroatoms. The average Bonchev–Trinajstić information content (AvgIpc) is 1.86. The maximum absolute atomic E-state index is 5.00. The van der Waals surface area contributed by atoms with Gasteiger partial charge in [0.05, 0.1) is 0 Å². The Kier molecular flexibility index (Phi) is 1.72. The molecule has 0 aromatic heterocycles. The van der Waals surface area contributed by atoms with Crippen LogP contribution in [0.5, 0.6) is 0 Å². The van der Waals surface area contributed by atoms with Gasteiger partial charge in [0.1, 0.15) is 0 Å². The fourth-order valence-corrected chi connectivity index (χ4v) is 0.851. The second-order valence-electron chi connectivity index (χ2n) is 1.57. The van der Waals surface area contributed by atoms with Gasteiger partial charge in [0.15, 0.2) is 0 Å². The fourth-order valence-electron chi connectivity index (χ4n) is 0.480. The van der Waals surface area contributed by atoms with Crippen molar-refractivity contribution < 1.29 is 4.74 Å². The number of ether oxygens (including phenoxy) is 1. The zero-order valence-corrected chi connectivity index (χ0v) is 5.90. The van der Waals surface area contributed by atoms with Crippen LogP contribution in [0.4, 0.5) is 0 Å².